The van der Waals surface area contributed by atoms with Gasteiger partial charge in [-0.1, -0.05) is 0 Å². The summed E-state index contributed by atoms with van der Waals surface area (Å²) in [4.78, 5) is 4.77. The molecule has 0 bridgehead atoms. The Morgan fingerprint density at radius 3 is 1.58 bits per heavy atom. The molecule has 3 aromatic carbocycles. The van der Waals surface area contributed by atoms with Crippen LogP contribution in [0.1, 0.15) is 0 Å². The molecule has 0 atom stereocenters. The highest BCUT2D eigenvalue weighted by atomic mass is 16.5. The molecule has 0 saturated heterocycles. The molecule has 1 heterocycles. The Hall–Kier alpha value is -4.13. The lowest BCUT2D eigenvalue weighted by Gasteiger charge is -2.18. The molecule has 0 spiro atoms. The molecular formula is C26H26N2O5. The van der Waals surface area contributed by atoms with Gasteiger partial charge in [-0.3, -0.25) is 4.57 Å². The van der Waals surface area contributed by atoms with Crippen molar-refractivity contribution in [2.75, 3.05) is 35.5 Å². The molecule has 0 fully saturated rings. The smallest absolute Gasteiger partial charge is 0.203 e. The van der Waals surface area contributed by atoms with Gasteiger partial charge in [0.25, 0.3) is 0 Å². The monoisotopic (exact) mass is 446 g/mol. The maximum Gasteiger partial charge on any atom is 0.203 e. The zero-order valence-corrected chi connectivity index (χ0v) is 19.3. The van der Waals surface area contributed by atoms with Crippen LogP contribution in [0.25, 0.3) is 28.3 Å². The third kappa shape index (κ3) is 4.17. The molecule has 0 aliphatic rings. The van der Waals surface area contributed by atoms with Gasteiger partial charge in [0.15, 0.2) is 11.5 Å². The minimum atomic E-state index is 0.529. The fourth-order valence-corrected chi connectivity index (χ4v) is 3.72. The van der Waals surface area contributed by atoms with Crippen molar-refractivity contribution in [3.8, 4) is 57.1 Å². The van der Waals surface area contributed by atoms with E-state index in [4.69, 9.17) is 28.7 Å². The summed E-state index contributed by atoms with van der Waals surface area (Å²) in [6.07, 6.45) is 1.85. The van der Waals surface area contributed by atoms with Crippen LogP contribution in [-0.4, -0.2) is 45.1 Å². The molecule has 1 aromatic heterocycles. The van der Waals surface area contributed by atoms with E-state index in [-0.39, 0.29) is 0 Å². The van der Waals surface area contributed by atoms with E-state index in [1.165, 1.54) is 0 Å². The number of hydrogen-bond acceptors (Lipinski definition) is 6. The summed E-state index contributed by atoms with van der Waals surface area (Å²) < 4.78 is 29.4. The Labute approximate surface area is 193 Å². The van der Waals surface area contributed by atoms with Crippen LogP contribution in [0.5, 0.6) is 28.7 Å². The van der Waals surface area contributed by atoms with E-state index in [0.717, 1.165) is 39.8 Å². The second-order valence-electron chi connectivity index (χ2n) is 7.14. The number of methoxy groups -OCH3 is 5. The molecule has 0 amide bonds. The van der Waals surface area contributed by atoms with Crippen molar-refractivity contribution in [2.45, 2.75) is 0 Å². The number of aromatic nitrogens is 2. The molecule has 0 N–H and O–H groups in total. The van der Waals surface area contributed by atoms with E-state index in [0.29, 0.717) is 17.2 Å². The topological polar surface area (TPSA) is 64.0 Å². The molecule has 0 aliphatic heterocycles. The van der Waals surface area contributed by atoms with E-state index in [9.17, 15) is 0 Å². The SMILES string of the molecule is COc1ccc(-c2cnc(-c3ccc(OC)cc3)n2-c2cc(OC)c(OC)c(OC)c2)cc1. The Balaban J connectivity index is 1.96. The lowest BCUT2D eigenvalue weighted by Crippen LogP contribution is -2.03. The first-order chi connectivity index (χ1) is 16.1. The Kier molecular flexibility index (Phi) is 6.40. The van der Waals surface area contributed by atoms with Crippen LogP contribution >= 0.6 is 0 Å². The third-order valence-electron chi connectivity index (χ3n) is 5.40. The molecule has 0 unspecified atom stereocenters. The van der Waals surface area contributed by atoms with Crippen molar-refractivity contribution < 1.29 is 23.7 Å². The summed E-state index contributed by atoms with van der Waals surface area (Å²) >= 11 is 0. The molecule has 0 radical (unpaired) electrons. The van der Waals surface area contributed by atoms with Crippen molar-refractivity contribution in [1.29, 1.82) is 0 Å². The van der Waals surface area contributed by atoms with Gasteiger partial charge in [0.05, 0.1) is 53.1 Å². The fourth-order valence-electron chi connectivity index (χ4n) is 3.72. The van der Waals surface area contributed by atoms with Crippen LogP contribution in [0, 0.1) is 0 Å². The highest BCUT2D eigenvalue weighted by molar-refractivity contribution is 5.72. The molecule has 4 aromatic rings. The minimum absolute atomic E-state index is 0.529. The van der Waals surface area contributed by atoms with Gasteiger partial charge in [-0.05, 0) is 48.5 Å². The zero-order valence-electron chi connectivity index (χ0n) is 19.3. The summed E-state index contributed by atoms with van der Waals surface area (Å²) in [7, 11) is 8.08. The van der Waals surface area contributed by atoms with Gasteiger partial charge in [0.1, 0.15) is 17.3 Å². The van der Waals surface area contributed by atoms with Crippen LogP contribution in [-0.2, 0) is 0 Å². The van der Waals surface area contributed by atoms with Gasteiger partial charge < -0.3 is 23.7 Å². The first kappa shape index (κ1) is 22.1. The summed E-state index contributed by atoms with van der Waals surface area (Å²) in [6.45, 7) is 0. The number of benzene rings is 3. The number of nitrogens with zero attached hydrogens (tertiary/aromatic N) is 2. The first-order valence-corrected chi connectivity index (χ1v) is 10.3. The van der Waals surface area contributed by atoms with Crippen molar-refractivity contribution in [3.63, 3.8) is 0 Å². The summed E-state index contributed by atoms with van der Waals surface area (Å²) in [6, 6.07) is 19.5. The summed E-state index contributed by atoms with van der Waals surface area (Å²) in [5, 5.41) is 0. The van der Waals surface area contributed by atoms with E-state index < -0.39 is 0 Å². The van der Waals surface area contributed by atoms with Crippen molar-refractivity contribution >= 4 is 0 Å². The van der Waals surface area contributed by atoms with Gasteiger partial charge in [-0.25, -0.2) is 4.98 Å². The maximum atomic E-state index is 5.60. The zero-order chi connectivity index (χ0) is 23.4. The van der Waals surface area contributed by atoms with Crippen LogP contribution < -0.4 is 23.7 Å². The van der Waals surface area contributed by atoms with E-state index in [2.05, 4.69) is 4.57 Å². The summed E-state index contributed by atoms with van der Waals surface area (Å²) in [5.74, 6) is 3.97. The van der Waals surface area contributed by atoms with Crippen molar-refractivity contribution in [3.05, 3.63) is 66.9 Å². The van der Waals surface area contributed by atoms with E-state index in [1.807, 2.05) is 66.9 Å². The van der Waals surface area contributed by atoms with E-state index in [1.54, 1.807) is 35.5 Å². The maximum absolute atomic E-state index is 5.60. The largest absolute Gasteiger partial charge is 0.497 e. The Morgan fingerprint density at radius 2 is 1.12 bits per heavy atom. The third-order valence-corrected chi connectivity index (χ3v) is 5.40. The van der Waals surface area contributed by atoms with Crippen molar-refractivity contribution in [2.24, 2.45) is 0 Å². The van der Waals surface area contributed by atoms with Gasteiger partial charge in [-0.2, -0.15) is 0 Å². The minimum Gasteiger partial charge on any atom is -0.497 e. The number of rotatable bonds is 8. The molecule has 7 nitrogen and oxygen atoms in total. The Bertz CT molecular complexity index is 1140. The molecular weight excluding hydrogens is 420 g/mol. The second-order valence-corrected chi connectivity index (χ2v) is 7.14. The molecule has 0 aliphatic carbocycles. The molecule has 0 saturated carbocycles. The van der Waals surface area contributed by atoms with Gasteiger partial charge in [0.2, 0.25) is 5.75 Å². The molecule has 4 rings (SSSR count). The predicted molar refractivity (Wildman–Crippen MR) is 127 cm³/mol. The van der Waals surface area contributed by atoms with Crippen LogP contribution in [0.15, 0.2) is 66.9 Å². The standard InChI is InChI=1S/C26H26N2O5/c1-29-20-10-6-17(7-11-20)22-16-27-26(18-8-12-21(30-2)13-9-18)28(22)19-14-23(31-3)25(33-5)24(15-19)32-4/h6-16H,1-5H3. The van der Waals surface area contributed by atoms with Gasteiger partial charge in [-0.15, -0.1) is 0 Å². The van der Waals surface area contributed by atoms with E-state index >= 15 is 0 Å². The highest BCUT2D eigenvalue weighted by Gasteiger charge is 2.20. The average Bonchev–Trinajstić information content (AvgIpc) is 3.33. The predicted octanol–water partition coefficient (Wildman–Crippen LogP) is 5.25. The Morgan fingerprint density at radius 1 is 0.606 bits per heavy atom. The normalized spacial score (nSPS) is 10.6. The molecule has 7 heteroatoms. The van der Waals surface area contributed by atoms with Crippen LogP contribution in [0.2, 0.25) is 0 Å². The molecule has 170 valence electrons. The van der Waals surface area contributed by atoms with Crippen LogP contribution in [0.4, 0.5) is 0 Å². The van der Waals surface area contributed by atoms with Gasteiger partial charge >= 0.3 is 0 Å². The lowest BCUT2D eigenvalue weighted by atomic mass is 10.1. The highest BCUT2D eigenvalue weighted by Crippen LogP contribution is 2.41. The second kappa shape index (κ2) is 9.56. The average molecular weight is 447 g/mol. The number of imidazole rings is 1. The van der Waals surface area contributed by atoms with Crippen LogP contribution in [0.3, 0.4) is 0 Å². The summed E-state index contributed by atoms with van der Waals surface area (Å²) in [5.41, 5.74) is 3.64. The number of hydrogen-bond donors (Lipinski definition) is 0. The molecule has 33 heavy (non-hydrogen) atoms. The lowest BCUT2D eigenvalue weighted by molar-refractivity contribution is 0.324. The van der Waals surface area contributed by atoms with Crippen molar-refractivity contribution in [1.82, 2.24) is 9.55 Å². The first-order valence-electron chi connectivity index (χ1n) is 10.3. The quantitative estimate of drug-likeness (QED) is 0.368. The fraction of sp³-hybridized carbons (Fsp3) is 0.192. The number of ether oxygens (including phenoxy) is 5. The van der Waals surface area contributed by atoms with Gasteiger partial charge in [0, 0.05) is 23.3 Å².